The van der Waals surface area contributed by atoms with Crippen LogP contribution < -0.4 is 5.32 Å². The van der Waals surface area contributed by atoms with Crippen LogP contribution >= 0.6 is 7.82 Å². The van der Waals surface area contributed by atoms with Gasteiger partial charge in [-0.2, -0.15) is 0 Å². The molecule has 2 fully saturated rings. The molecule has 0 spiro atoms. The first-order valence-electron chi connectivity index (χ1n) is 24.3. The molecule has 20 heteroatoms. The number of fused-ring (bicyclic) bond motifs is 1. The van der Waals surface area contributed by atoms with Crippen molar-refractivity contribution in [2.24, 2.45) is 22.9 Å². The van der Waals surface area contributed by atoms with Gasteiger partial charge >= 0.3 is 19.8 Å². The van der Waals surface area contributed by atoms with Gasteiger partial charge in [0, 0.05) is 29.6 Å². The Morgan fingerprint density at radius 1 is 0.870 bits per heavy atom. The minimum Gasteiger partial charge on any atom is -0.462 e. The number of esters is 2. The van der Waals surface area contributed by atoms with Gasteiger partial charge in [-0.3, -0.25) is 28.0 Å². The monoisotopic (exact) mass is 1000 g/mol. The zero-order valence-electron chi connectivity index (χ0n) is 42.2. The SMILES string of the molecule is CCC(=O)O[C@H](CC)CC(=O)NC1[C@H](OCC2OC(O[Si](C)(C)C(C)(C)C)C(N=[N+]=[N-])[C@@H](OC(=O)C[C@H](C)CC)[C@@H]2C)OC(COCc2ccccc2)[C@@H](OP2(=O)OCc3ccccc3CO2)[C@@H]1C. The number of carbonyl (C=O) groups is 3. The number of carbonyl (C=O) groups excluding carboxylic acids is 3. The molecule has 0 saturated carbocycles. The van der Waals surface area contributed by atoms with Gasteiger partial charge in [0.25, 0.3) is 0 Å². The molecule has 5 unspecified atom stereocenters. The Balaban J connectivity index is 1.49. The minimum atomic E-state index is -4.28. The third-order valence-corrected chi connectivity index (χ3v) is 19.5. The van der Waals surface area contributed by atoms with E-state index >= 15 is 0 Å². The molecular formula is C49H75N4O14PSi. The average molecular weight is 1000 g/mol. The van der Waals surface area contributed by atoms with Crippen molar-refractivity contribution in [3.05, 3.63) is 81.7 Å². The van der Waals surface area contributed by atoms with E-state index in [1.807, 2.05) is 102 Å². The van der Waals surface area contributed by atoms with Crippen LogP contribution in [0.1, 0.15) is 111 Å². The maximum absolute atomic E-state index is 14.5. The summed E-state index contributed by atoms with van der Waals surface area (Å²) in [5.41, 5.74) is 12.3. The van der Waals surface area contributed by atoms with E-state index in [0.717, 1.165) is 23.1 Å². The molecule has 2 saturated heterocycles. The average Bonchev–Trinajstić information content (AvgIpc) is 3.48. The molecule has 1 amide bonds. The van der Waals surface area contributed by atoms with Crippen molar-refractivity contribution in [2.45, 2.75) is 188 Å². The van der Waals surface area contributed by atoms with Crippen molar-refractivity contribution >= 4 is 34.0 Å². The predicted molar refractivity (Wildman–Crippen MR) is 258 cm³/mol. The number of azide groups is 1. The quantitative estimate of drug-likeness (QED) is 0.0290. The molecule has 3 heterocycles. The first kappa shape index (κ1) is 56.2. The fourth-order valence-electron chi connectivity index (χ4n) is 7.99. The lowest BCUT2D eigenvalue weighted by molar-refractivity contribution is -0.282. The fraction of sp³-hybridized carbons (Fsp3) is 0.694. The number of phosphoric ester groups is 1. The Hall–Kier alpha value is -3.71. The molecule has 5 rings (SSSR count). The number of hydrogen-bond donors (Lipinski definition) is 1. The molecule has 3 aliphatic heterocycles. The highest BCUT2D eigenvalue weighted by Crippen LogP contribution is 2.55. The summed E-state index contributed by atoms with van der Waals surface area (Å²) in [6, 6.07) is 15.0. The molecule has 0 bridgehead atoms. The second-order valence-electron chi connectivity index (χ2n) is 19.9. The van der Waals surface area contributed by atoms with Crippen molar-refractivity contribution in [1.29, 1.82) is 0 Å². The summed E-state index contributed by atoms with van der Waals surface area (Å²) in [5.74, 6) is -2.58. The highest BCUT2D eigenvalue weighted by Gasteiger charge is 2.53. The van der Waals surface area contributed by atoms with E-state index in [4.69, 9.17) is 46.4 Å². The summed E-state index contributed by atoms with van der Waals surface area (Å²) in [7, 11) is -6.88. The molecule has 12 atom stereocenters. The van der Waals surface area contributed by atoms with Gasteiger partial charge in [-0.05, 0) is 52.7 Å². The number of phosphoric acid groups is 1. The van der Waals surface area contributed by atoms with E-state index < -0.39 is 101 Å². The van der Waals surface area contributed by atoms with E-state index in [2.05, 4.69) is 36.1 Å². The standard InChI is InChI=1S/C49H75N4O14PSi/c1-12-31(4)24-42(56)65-46-32(5)38(63-48(44(46)52-53-50)67-69(10,11)49(7,8)9)30-59-47-43(51-40(54)25-37(13-2)62-41(55)14-3)33(6)45(39(64-47)29-58-26-34-20-16-15-17-21-34)66-68(57)60-27-35-22-18-19-23-36(35)28-61-68/h15-23,31-33,37-39,43-48H,12-14,24-30H2,1-11H3,(H,51,54)/t31-,32-,33-,37-,38?,39?,43?,44?,45+,46+,47-,48?/m1/s1. The number of nitrogens with zero attached hydrogens (tertiary/aromatic N) is 3. The summed E-state index contributed by atoms with van der Waals surface area (Å²) in [5, 5.41) is 6.91. The maximum Gasteiger partial charge on any atom is 0.475 e. The largest absolute Gasteiger partial charge is 0.475 e. The second kappa shape index (κ2) is 25.6. The fourth-order valence-corrected chi connectivity index (χ4v) is 10.5. The van der Waals surface area contributed by atoms with Crippen LogP contribution in [0.5, 0.6) is 0 Å². The number of nitrogens with one attached hydrogen (secondary N) is 1. The summed E-state index contributed by atoms with van der Waals surface area (Å²) >= 11 is 0. The van der Waals surface area contributed by atoms with Crippen LogP contribution in [-0.4, -0.2) is 94.6 Å². The summed E-state index contributed by atoms with van der Waals surface area (Å²) < 4.78 is 77.6. The first-order valence-corrected chi connectivity index (χ1v) is 28.7. The Bertz CT molecular complexity index is 2060. The normalized spacial score (nSPS) is 27.9. The molecule has 3 aliphatic rings. The summed E-state index contributed by atoms with van der Waals surface area (Å²) in [6.45, 7) is 21.3. The molecule has 0 aliphatic carbocycles. The van der Waals surface area contributed by atoms with Crippen LogP contribution in [0.2, 0.25) is 18.1 Å². The third-order valence-electron chi connectivity index (χ3n) is 13.7. The maximum atomic E-state index is 14.5. The van der Waals surface area contributed by atoms with E-state index in [9.17, 15) is 24.5 Å². The van der Waals surface area contributed by atoms with Crippen molar-refractivity contribution in [3.8, 4) is 0 Å². The molecule has 69 heavy (non-hydrogen) atoms. The Labute approximate surface area is 408 Å². The van der Waals surface area contributed by atoms with Gasteiger partial charge in [-0.25, -0.2) is 4.57 Å². The zero-order chi connectivity index (χ0) is 50.5. The van der Waals surface area contributed by atoms with Crippen LogP contribution in [0, 0.1) is 17.8 Å². The highest BCUT2D eigenvalue weighted by atomic mass is 31.2. The summed E-state index contributed by atoms with van der Waals surface area (Å²) in [4.78, 5) is 42.9. The molecule has 18 nitrogen and oxygen atoms in total. The van der Waals surface area contributed by atoms with Gasteiger partial charge in [0.1, 0.15) is 30.5 Å². The van der Waals surface area contributed by atoms with Crippen LogP contribution in [0.3, 0.4) is 0 Å². The molecule has 0 aromatic heterocycles. The number of ether oxygens (including phenoxy) is 6. The summed E-state index contributed by atoms with van der Waals surface area (Å²) in [6.07, 6.45) is -5.48. The van der Waals surface area contributed by atoms with Gasteiger partial charge < -0.3 is 38.2 Å². The van der Waals surface area contributed by atoms with E-state index in [-0.39, 0.29) is 63.3 Å². The lowest BCUT2D eigenvalue weighted by atomic mass is 9.88. The first-order chi connectivity index (χ1) is 32.7. The Morgan fingerprint density at radius 2 is 1.51 bits per heavy atom. The van der Waals surface area contributed by atoms with Gasteiger partial charge in [-0.1, -0.05) is 128 Å². The van der Waals surface area contributed by atoms with Crippen molar-refractivity contribution in [2.75, 3.05) is 13.2 Å². The second-order valence-corrected chi connectivity index (χ2v) is 26.3. The van der Waals surface area contributed by atoms with Crippen molar-refractivity contribution in [1.82, 2.24) is 5.32 Å². The van der Waals surface area contributed by atoms with Gasteiger partial charge in [0.2, 0.25) is 5.91 Å². The van der Waals surface area contributed by atoms with Crippen LogP contribution in [0.15, 0.2) is 59.7 Å². The minimum absolute atomic E-state index is 0.0282. The molecular weight excluding hydrogens is 928 g/mol. The molecule has 2 aromatic rings. The van der Waals surface area contributed by atoms with Gasteiger partial charge in [0.15, 0.2) is 20.9 Å². The van der Waals surface area contributed by atoms with Crippen LogP contribution in [-0.2, 0) is 85.2 Å². The zero-order valence-corrected chi connectivity index (χ0v) is 44.1. The smallest absolute Gasteiger partial charge is 0.462 e. The predicted octanol–water partition coefficient (Wildman–Crippen LogP) is 9.84. The lowest BCUT2D eigenvalue weighted by Gasteiger charge is -2.48. The van der Waals surface area contributed by atoms with Crippen molar-refractivity contribution < 1.29 is 65.4 Å². The Kier molecular flexibility index (Phi) is 20.9. The van der Waals surface area contributed by atoms with Gasteiger partial charge in [0.05, 0.1) is 51.6 Å². The number of hydrogen-bond acceptors (Lipinski definition) is 15. The van der Waals surface area contributed by atoms with Gasteiger partial charge in [-0.15, -0.1) is 0 Å². The molecule has 0 radical (unpaired) electrons. The molecule has 2 aromatic carbocycles. The Morgan fingerprint density at radius 3 is 2.10 bits per heavy atom. The number of rotatable bonds is 22. The number of amides is 1. The lowest BCUT2D eigenvalue weighted by Crippen LogP contribution is -2.63. The van der Waals surface area contributed by atoms with E-state index in [1.54, 1.807) is 6.92 Å². The van der Waals surface area contributed by atoms with Crippen LogP contribution in [0.25, 0.3) is 10.4 Å². The number of benzene rings is 2. The van der Waals surface area contributed by atoms with E-state index in [0.29, 0.717) is 6.42 Å². The van der Waals surface area contributed by atoms with Crippen LogP contribution in [0.4, 0.5) is 0 Å². The molecule has 1 N–H and O–H groups in total. The van der Waals surface area contributed by atoms with E-state index in [1.165, 1.54) is 0 Å². The third kappa shape index (κ3) is 15.6. The highest BCUT2D eigenvalue weighted by molar-refractivity contribution is 7.48. The van der Waals surface area contributed by atoms with Crippen molar-refractivity contribution in [3.63, 3.8) is 0 Å². The molecule has 384 valence electrons. The topological polar surface area (TPSA) is 221 Å².